The fourth-order valence-electron chi connectivity index (χ4n) is 3.97. The molecule has 2 heterocycles. The van der Waals surface area contributed by atoms with E-state index >= 15 is 0 Å². The van der Waals surface area contributed by atoms with E-state index in [0.29, 0.717) is 10.4 Å². The van der Waals surface area contributed by atoms with Crippen LogP contribution in [-0.2, 0) is 16.1 Å². The maximum atomic E-state index is 14.0. The highest BCUT2D eigenvalue weighted by atomic mass is 32.1. The summed E-state index contributed by atoms with van der Waals surface area (Å²) < 4.78 is 19.9. The Balaban J connectivity index is 1.93. The van der Waals surface area contributed by atoms with E-state index in [4.69, 9.17) is 4.74 Å². The van der Waals surface area contributed by atoms with Crippen LogP contribution in [0.15, 0.2) is 41.8 Å². The Kier molecular flexibility index (Phi) is 6.61. The van der Waals surface area contributed by atoms with E-state index in [1.54, 1.807) is 35.7 Å². The van der Waals surface area contributed by atoms with Crippen molar-refractivity contribution in [3.05, 3.63) is 68.2 Å². The first-order valence-electron chi connectivity index (χ1n) is 9.32. The molecule has 0 amide bonds. The molecular weight excluding hydrogens is 399 g/mol. The number of carbonyl (C=O) groups is 1. The minimum absolute atomic E-state index is 0.0908. The fraction of sp³-hybridized carbons (Fsp3) is 0.450. The van der Waals surface area contributed by atoms with Crippen LogP contribution in [0.4, 0.5) is 4.39 Å². The molecule has 2 aromatic rings. The largest absolute Gasteiger partial charge is 0.480 e. The van der Waals surface area contributed by atoms with Crippen molar-refractivity contribution in [2.45, 2.75) is 44.7 Å². The Bertz CT molecular complexity index is 860. The number of hydrogen-bond donors (Lipinski definition) is 2. The molecule has 9 heteroatoms. The van der Waals surface area contributed by atoms with Crippen LogP contribution >= 0.6 is 11.3 Å². The molecule has 2 N–H and O–H groups in total. The van der Waals surface area contributed by atoms with E-state index in [2.05, 4.69) is 5.32 Å². The number of benzene rings is 1. The summed E-state index contributed by atoms with van der Waals surface area (Å²) in [6.45, 7) is 3.55. The van der Waals surface area contributed by atoms with Crippen LogP contribution in [0.25, 0.3) is 0 Å². The summed E-state index contributed by atoms with van der Waals surface area (Å²) in [6, 6.07) is 6.61. The lowest BCUT2D eigenvalue weighted by atomic mass is 9.83. The highest BCUT2D eigenvalue weighted by Gasteiger charge is 2.58. The molecule has 0 aliphatic carbocycles. The van der Waals surface area contributed by atoms with Gasteiger partial charge in [-0.1, -0.05) is 38.1 Å². The van der Waals surface area contributed by atoms with Gasteiger partial charge in [0.1, 0.15) is 17.9 Å². The van der Waals surface area contributed by atoms with Gasteiger partial charge in [0.05, 0.1) is 18.6 Å². The summed E-state index contributed by atoms with van der Waals surface area (Å²) >= 11 is 1.34. The number of rotatable bonds is 8. The average Bonchev–Trinajstić information content (AvgIpc) is 3.30. The highest BCUT2D eigenvalue weighted by molar-refractivity contribution is 7.10. The molecule has 29 heavy (non-hydrogen) atoms. The van der Waals surface area contributed by atoms with Crippen LogP contribution < -0.4 is 5.32 Å². The van der Waals surface area contributed by atoms with E-state index < -0.39 is 46.9 Å². The molecule has 1 saturated heterocycles. The summed E-state index contributed by atoms with van der Waals surface area (Å²) in [5.41, 5.74) is 0.323. The van der Waals surface area contributed by atoms with Crippen LogP contribution in [0.1, 0.15) is 30.3 Å². The first-order chi connectivity index (χ1) is 13.8. The second-order valence-corrected chi connectivity index (χ2v) is 8.42. The van der Waals surface area contributed by atoms with Crippen LogP contribution in [0, 0.1) is 27.8 Å². The van der Waals surface area contributed by atoms with Crippen molar-refractivity contribution in [3.8, 4) is 0 Å². The van der Waals surface area contributed by atoms with Gasteiger partial charge in [-0.15, -0.1) is 11.3 Å². The number of thiophene rings is 1. The third kappa shape index (κ3) is 4.47. The molecule has 1 aliphatic heterocycles. The van der Waals surface area contributed by atoms with Gasteiger partial charge in [-0.3, -0.25) is 20.2 Å². The van der Waals surface area contributed by atoms with Crippen molar-refractivity contribution < 1.29 is 24.0 Å². The quantitative estimate of drug-likeness (QED) is 0.499. The number of carboxylic acid groups (broad SMARTS) is 1. The maximum Gasteiger partial charge on any atom is 0.321 e. The molecule has 1 aromatic carbocycles. The van der Waals surface area contributed by atoms with Crippen LogP contribution in [0.5, 0.6) is 0 Å². The molecule has 2 unspecified atom stereocenters. The van der Waals surface area contributed by atoms with E-state index in [1.807, 2.05) is 13.8 Å². The predicted octanol–water partition coefficient (Wildman–Crippen LogP) is 3.49. The number of nitro groups is 1. The van der Waals surface area contributed by atoms with Crippen LogP contribution in [0.2, 0.25) is 0 Å². The summed E-state index contributed by atoms with van der Waals surface area (Å²) in [6.07, 6.45) is -0.747. The van der Waals surface area contributed by atoms with Gasteiger partial charge >= 0.3 is 5.97 Å². The van der Waals surface area contributed by atoms with E-state index in [1.165, 1.54) is 17.4 Å². The second-order valence-electron chi connectivity index (χ2n) is 7.44. The Morgan fingerprint density at radius 2 is 2.07 bits per heavy atom. The van der Waals surface area contributed by atoms with Crippen molar-refractivity contribution >= 4 is 17.3 Å². The topological polar surface area (TPSA) is 102 Å². The van der Waals surface area contributed by atoms with Gasteiger partial charge < -0.3 is 9.84 Å². The number of nitrogens with one attached hydrogen (secondary N) is 1. The molecule has 0 spiro atoms. The molecule has 0 bridgehead atoms. The van der Waals surface area contributed by atoms with Crippen molar-refractivity contribution in [1.29, 1.82) is 0 Å². The van der Waals surface area contributed by atoms with Gasteiger partial charge in [-0.05, 0) is 23.4 Å². The number of halogens is 1. The summed E-state index contributed by atoms with van der Waals surface area (Å²) in [4.78, 5) is 24.2. The zero-order valence-electron chi connectivity index (χ0n) is 16.0. The summed E-state index contributed by atoms with van der Waals surface area (Å²) in [5, 5.41) is 26.5. The smallest absolute Gasteiger partial charge is 0.321 e. The first-order valence-corrected chi connectivity index (χ1v) is 10.2. The second kappa shape index (κ2) is 8.98. The van der Waals surface area contributed by atoms with E-state index in [-0.39, 0.29) is 12.5 Å². The number of ether oxygens (including phenoxy) is 1. The molecule has 3 rings (SSSR count). The third-order valence-electron chi connectivity index (χ3n) is 5.26. The van der Waals surface area contributed by atoms with Crippen molar-refractivity contribution in [2.24, 2.45) is 11.8 Å². The van der Waals surface area contributed by atoms with Gasteiger partial charge in [-0.25, -0.2) is 4.39 Å². The van der Waals surface area contributed by atoms with E-state index in [9.17, 15) is 24.4 Å². The Labute approximate surface area is 171 Å². The Morgan fingerprint density at radius 3 is 2.62 bits per heavy atom. The highest BCUT2D eigenvalue weighted by Crippen LogP contribution is 2.40. The monoisotopic (exact) mass is 422 g/mol. The molecule has 0 saturated carbocycles. The SMILES string of the molecule is CC(C)[C@H](OCc1ccccc1F)C1C([N+](=O)[O-])[C@@H](c2cccs2)N[C@@H]1C(=O)O. The maximum absolute atomic E-state index is 14.0. The van der Waals surface area contributed by atoms with Crippen molar-refractivity contribution in [2.75, 3.05) is 0 Å². The Hall–Kier alpha value is -2.36. The minimum atomic E-state index is -1.18. The van der Waals surface area contributed by atoms with Crippen molar-refractivity contribution in [1.82, 2.24) is 5.32 Å². The van der Waals surface area contributed by atoms with Crippen molar-refractivity contribution in [3.63, 3.8) is 0 Å². The van der Waals surface area contributed by atoms with Gasteiger partial charge in [0.2, 0.25) is 6.04 Å². The lowest BCUT2D eigenvalue weighted by Crippen LogP contribution is -2.47. The lowest BCUT2D eigenvalue weighted by Gasteiger charge is -2.30. The van der Waals surface area contributed by atoms with Gasteiger partial charge in [0.15, 0.2) is 0 Å². The third-order valence-corrected chi connectivity index (χ3v) is 6.22. The fourth-order valence-corrected chi connectivity index (χ4v) is 4.80. The first kappa shape index (κ1) is 21.4. The lowest BCUT2D eigenvalue weighted by molar-refractivity contribution is -0.535. The molecule has 1 aliphatic rings. The molecule has 5 atom stereocenters. The van der Waals surface area contributed by atoms with Gasteiger partial charge in [0, 0.05) is 15.4 Å². The summed E-state index contributed by atoms with van der Waals surface area (Å²) in [5.74, 6) is -2.72. The van der Waals surface area contributed by atoms with E-state index in [0.717, 1.165) is 0 Å². The zero-order chi connectivity index (χ0) is 21.1. The predicted molar refractivity (Wildman–Crippen MR) is 106 cm³/mol. The molecule has 0 radical (unpaired) electrons. The molecule has 156 valence electrons. The minimum Gasteiger partial charge on any atom is -0.480 e. The van der Waals surface area contributed by atoms with Crippen LogP contribution in [-0.4, -0.2) is 34.2 Å². The van der Waals surface area contributed by atoms with Gasteiger partial charge in [-0.2, -0.15) is 0 Å². The standard InChI is InChI=1S/C20H23FN2O5S/c1-11(2)19(28-10-12-6-3-4-7-13(12)21)15-17(20(24)25)22-16(18(15)23(26)27)14-8-5-9-29-14/h3-9,11,15-19,22H,10H2,1-2H3,(H,24,25)/t15?,16-,17+,18?,19+/m1/s1. The number of aliphatic carboxylic acids is 1. The normalized spacial score (nSPS) is 25.2. The molecule has 1 aromatic heterocycles. The Morgan fingerprint density at radius 1 is 1.34 bits per heavy atom. The summed E-state index contributed by atoms with van der Waals surface area (Å²) in [7, 11) is 0. The molecule has 1 fully saturated rings. The number of carboxylic acids is 1. The van der Waals surface area contributed by atoms with Gasteiger partial charge in [0.25, 0.3) is 0 Å². The molecular formula is C20H23FN2O5S. The number of hydrogen-bond acceptors (Lipinski definition) is 6. The molecule has 7 nitrogen and oxygen atoms in total. The zero-order valence-corrected chi connectivity index (χ0v) is 16.8. The average molecular weight is 422 g/mol. The number of nitrogens with zero attached hydrogens (tertiary/aromatic N) is 1. The van der Waals surface area contributed by atoms with Crippen LogP contribution in [0.3, 0.4) is 0 Å².